The number of nitrogens with one attached hydrogen (secondary N) is 1. The van der Waals surface area contributed by atoms with Gasteiger partial charge in [0.1, 0.15) is 18.5 Å². The monoisotopic (exact) mass is 345 g/mol. The second-order valence-corrected chi connectivity index (χ2v) is 6.08. The summed E-state index contributed by atoms with van der Waals surface area (Å²) in [5.41, 5.74) is 6.82. The van der Waals surface area contributed by atoms with Crippen molar-refractivity contribution in [2.75, 3.05) is 38.7 Å². The summed E-state index contributed by atoms with van der Waals surface area (Å²) < 4.78 is 13.2. The van der Waals surface area contributed by atoms with Crippen molar-refractivity contribution in [1.29, 1.82) is 0 Å². The van der Waals surface area contributed by atoms with Gasteiger partial charge >= 0.3 is 6.03 Å². The quantitative estimate of drug-likeness (QED) is 0.854. The molecule has 1 saturated heterocycles. The Bertz CT molecular complexity index is 731. The Labute approximate surface area is 146 Å². The van der Waals surface area contributed by atoms with Crippen LogP contribution < -0.4 is 15.8 Å². The lowest BCUT2D eigenvalue weighted by Crippen LogP contribution is -2.42. The van der Waals surface area contributed by atoms with Crippen LogP contribution in [0.3, 0.4) is 0 Å². The van der Waals surface area contributed by atoms with Gasteiger partial charge in [-0.15, -0.1) is 5.10 Å². The number of aromatic nitrogens is 2. The van der Waals surface area contributed by atoms with Gasteiger partial charge in [0.15, 0.2) is 0 Å². The van der Waals surface area contributed by atoms with Crippen molar-refractivity contribution in [1.82, 2.24) is 14.7 Å². The molecule has 1 aromatic carbocycles. The van der Waals surface area contributed by atoms with E-state index >= 15 is 0 Å². The third-order valence-corrected chi connectivity index (χ3v) is 4.07. The van der Waals surface area contributed by atoms with E-state index in [2.05, 4.69) is 22.4 Å². The molecule has 0 spiro atoms. The molecular formula is C17H23N5O3. The number of benzene rings is 1. The van der Waals surface area contributed by atoms with Crippen LogP contribution >= 0.6 is 0 Å². The van der Waals surface area contributed by atoms with Gasteiger partial charge in [-0.25, -0.2) is 9.48 Å². The summed E-state index contributed by atoms with van der Waals surface area (Å²) >= 11 is 0. The number of hydrogen-bond acceptors (Lipinski definition) is 5. The minimum absolute atomic E-state index is 0.00688. The van der Waals surface area contributed by atoms with Crippen molar-refractivity contribution in [3.63, 3.8) is 0 Å². The maximum absolute atomic E-state index is 11.4. The number of hydrogen-bond donors (Lipinski definition) is 2. The average Bonchev–Trinajstić information content (AvgIpc) is 2.90. The fourth-order valence-corrected chi connectivity index (χ4v) is 2.77. The molecule has 25 heavy (non-hydrogen) atoms. The molecule has 1 aliphatic heterocycles. The third-order valence-electron chi connectivity index (χ3n) is 4.07. The van der Waals surface area contributed by atoms with E-state index in [-0.39, 0.29) is 6.10 Å². The summed E-state index contributed by atoms with van der Waals surface area (Å²) in [5, 5.41) is 7.12. The molecule has 1 aromatic heterocycles. The topological polar surface area (TPSA) is 94.6 Å². The summed E-state index contributed by atoms with van der Waals surface area (Å²) in [6.07, 6.45) is -0.00688. The Balaban J connectivity index is 1.82. The predicted molar refractivity (Wildman–Crippen MR) is 94.2 cm³/mol. The first-order valence-electron chi connectivity index (χ1n) is 8.19. The van der Waals surface area contributed by atoms with Gasteiger partial charge in [0, 0.05) is 13.1 Å². The van der Waals surface area contributed by atoms with Crippen LogP contribution in [-0.2, 0) is 4.74 Å². The molecule has 0 radical (unpaired) electrons. The van der Waals surface area contributed by atoms with E-state index in [1.165, 1.54) is 0 Å². The van der Waals surface area contributed by atoms with Crippen molar-refractivity contribution in [3.05, 3.63) is 35.9 Å². The predicted octanol–water partition coefficient (Wildman–Crippen LogP) is 1.38. The number of nitrogens with zero attached hydrogens (tertiary/aromatic N) is 3. The van der Waals surface area contributed by atoms with Crippen LogP contribution in [0, 0.1) is 6.92 Å². The Morgan fingerprint density at radius 1 is 1.44 bits per heavy atom. The first-order chi connectivity index (χ1) is 12.0. The van der Waals surface area contributed by atoms with Gasteiger partial charge < -0.3 is 20.1 Å². The summed E-state index contributed by atoms with van der Waals surface area (Å²) in [7, 11) is 2.06. The van der Waals surface area contributed by atoms with Gasteiger partial charge in [-0.1, -0.05) is 18.2 Å². The summed E-state index contributed by atoms with van der Waals surface area (Å²) in [4.78, 5) is 13.6. The first kappa shape index (κ1) is 17.2. The number of nitrogens with two attached hydrogens (primary N) is 1. The zero-order chi connectivity index (χ0) is 17.8. The summed E-state index contributed by atoms with van der Waals surface area (Å²) in [6.45, 7) is 4.65. The maximum atomic E-state index is 11.4. The van der Waals surface area contributed by atoms with E-state index in [0.717, 1.165) is 18.8 Å². The molecular weight excluding hydrogens is 322 g/mol. The second-order valence-electron chi connectivity index (χ2n) is 6.08. The molecule has 1 aliphatic rings. The second kappa shape index (κ2) is 7.54. The first-order valence-corrected chi connectivity index (χ1v) is 8.19. The van der Waals surface area contributed by atoms with Crippen LogP contribution in [0.2, 0.25) is 0 Å². The lowest BCUT2D eigenvalue weighted by molar-refractivity contribution is -0.0411. The molecule has 3 N–H and O–H groups in total. The van der Waals surface area contributed by atoms with Gasteiger partial charge in [-0.2, -0.15) is 0 Å². The highest BCUT2D eigenvalue weighted by Gasteiger charge is 2.22. The molecule has 2 heterocycles. The molecule has 8 nitrogen and oxygen atoms in total. The standard InChI is InChI=1S/C17H23N5O3/c1-12-15(19-17(18)23)22(13-6-4-3-5-7-13)20-16(12)25-11-14-10-21(2)8-9-24-14/h3-7,14H,8-11H2,1-2H3,(H3,18,19,23)/t14-/m1/s1. The van der Waals surface area contributed by atoms with E-state index in [1.807, 2.05) is 37.3 Å². The molecule has 0 unspecified atom stereocenters. The van der Waals surface area contributed by atoms with Gasteiger partial charge in [-0.3, -0.25) is 5.32 Å². The van der Waals surface area contributed by atoms with Crippen LogP contribution in [0.5, 0.6) is 5.88 Å². The minimum Gasteiger partial charge on any atom is -0.474 e. The lowest BCUT2D eigenvalue weighted by atomic mass is 10.3. The van der Waals surface area contributed by atoms with E-state index in [4.69, 9.17) is 15.2 Å². The smallest absolute Gasteiger partial charge is 0.317 e. The Morgan fingerprint density at radius 3 is 2.88 bits per heavy atom. The van der Waals surface area contributed by atoms with E-state index < -0.39 is 6.03 Å². The fourth-order valence-electron chi connectivity index (χ4n) is 2.77. The average molecular weight is 345 g/mol. The molecule has 1 fully saturated rings. The zero-order valence-corrected chi connectivity index (χ0v) is 14.4. The highest BCUT2D eigenvalue weighted by molar-refractivity contribution is 5.88. The van der Waals surface area contributed by atoms with Gasteiger partial charge in [-0.05, 0) is 26.1 Å². The van der Waals surface area contributed by atoms with Crippen LogP contribution in [0.1, 0.15) is 5.56 Å². The molecule has 0 aliphatic carbocycles. The number of carbonyl (C=O) groups is 1. The van der Waals surface area contributed by atoms with Crippen molar-refractivity contribution in [2.45, 2.75) is 13.0 Å². The summed E-state index contributed by atoms with van der Waals surface area (Å²) in [6, 6.07) is 8.83. The van der Waals surface area contributed by atoms with Gasteiger partial charge in [0.05, 0.1) is 17.9 Å². The lowest BCUT2D eigenvalue weighted by Gasteiger charge is -2.29. The van der Waals surface area contributed by atoms with Crippen molar-refractivity contribution >= 4 is 11.8 Å². The largest absolute Gasteiger partial charge is 0.474 e. The SMILES string of the molecule is Cc1c(OC[C@H]2CN(C)CCO2)nn(-c2ccccc2)c1NC(N)=O. The molecule has 0 saturated carbocycles. The van der Waals surface area contributed by atoms with Crippen LogP contribution in [0.4, 0.5) is 10.6 Å². The Morgan fingerprint density at radius 2 is 2.20 bits per heavy atom. The Kier molecular flexibility index (Phi) is 5.20. The number of likely N-dealkylation sites (N-methyl/N-ethyl adjacent to an activating group) is 1. The minimum atomic E-state index is -0.649. The zero-order valence-electron chi connectivity index (χ0n) is 14.4. The molecule has 3 rings (SSSR count). The fraction of sp³-hybridized carbons (Fsp3) is 0.412. The van der Waals surface area contributed by atoms with Crippen LogP contribution in [0.15, 0.2) is 30.3 Å². The van der Waals surface area contributed by atoms with E-state index in [1.54, 1.807) is 4.68 Å². The number of ether oxygens (including phenoxy) is 2. The number of primary amides is 1. The molecule has 2 amide bonds. The van der Waals surface area contributed by atoms with Gasteiger partial charge in [0.2, 0.25) is 5.88 Å². The number of carbonyl (C=O) groups excluding carboxylic acids is 1. The van der Waals surface area contributed by atoms with E-state index in [9.17, 15) is 4.79 Å². The number of para-hydroxylation sites is 1. The van der Waals surface area contributed by atoms with Crippen molar-refractivity contribution in [3.8, 4) is 11.6 Å². The Hall–Kier alpha value is -2.58. The molecule has 2 aromatic rings. The normalized spacial score (nSPS) is 18.1. The van der Waals surface area contributed by atoms with E-state index in [0.29, 0.717) is 30.5 Å². The maximum Gasteiger partial charge on any atom is 0.317 e. The van der Waals surface area contributed by atoms with Crippen LogP contribution in [0.25, 0.3) is 5.69 Å². The number of anilines is 1. The highest BCUT2D eigenvalue weighted by atomic mass is 16.5. The molecule has 0 bridgehead atoms. The summed E-state index contributed by atoms with van der Waals surface area (Å²) in [5.74, 6) is 0.944. The number of morpholine rings is 1. The number of amides is 2. The number of rotatable bonds is 5. The molecule has 8 heteroatoms. The molecule has 134 valence electrons. The third kappa shape index (κ3) is 4.09. The van der Waals surface area contributed by atoms with Crippen molar-refractivity contribution in [2.24, 2.45) is 5.73 Å². The van der Waals surface area contributed by atoms with Gasteiger partial charge in [0.25, 0.3) is 0 Å². The van der Waals surface area contributed by atoms with Crippen molar-refractivity contribution < 1.29 is 14.3 Å². The number of urea groups is 1. The molecule has 1 atom stereocenters. The van der Waals surface area contributed by atoms with Crippen LogP contribution in [-0.4, -0.2) is 60.2 Å². The highest BCUT2D eigenvalue weighted by Crippen LogP contribution is 2.28.